The molecule has 2 saturated carbocycles. The van der Waals surface area contributed by atoms with Crippen LogP contribution in [0.5, 0.6) is 0 Å². The van der Waals surface area contributed by atoms with Gasteiger partial charge in [0.1, 0.15) is 11.6 Å². The van der Waals surface area contributed by atoms with Crippen molar-refractivity contribution in [2.24, 2.45) is 23.5 Å². The van der Waals surface area contributed by atoms with E-state index in [-0.39, 0.29) is 17.9 Å². The molecule has 6 rings (SSSR count). The van der Waals surface area contributed by atoms with Crippen LogP contribution in [-0.4, -0.2) is 35.0 Å². The number of hydrogen-bond donors (Lipinski definition) is 2. The van der Waals surface area contributed by atoms with Crippen LogP contribution in [0.3, 0.4) is 0 Å². The first kappa shape index (κ1) is 20.7. The first-order chi connectivity index (χ1) is 16.2. The lowest BCUT2D eigenvalue weighted by atomic mass is 9.84. The van der Waals surface area contributed by atoms with Crippen molar-refractivity contribution in [2.45, 2.75) is 57.4 Å². The molecule has 6 heteroatoms. The molecule has 3 aliphatic carbocycles. The Morgan fingerprint density at radius 1 is 1.06 bits per heavy atom. The summed E-state index contributed by atoms with van der Waals surface area (Å²) in [5.74, 6) is 2.38. The highest BCUT2D eigenvalue weighted by Gasteiger charge is 2.50. The molecule has 0 spiro atoms. The van der Waals surface area contributed by atoms with Crippen LogP contribution < -0.4 is 16.0 Å². The topological polar surface area (TPSA) is 84.1 Å². The number of piperidine rings is 1. The third-order valence-electron chi connectivity index (χ3n) is 8.23. The predicted octanol–water partition coefficient (Wildman–Crippen LogP) is 3.94. The zero-order chi connectivity index (χ0) is 22.4. The van der Waals surface area contributed by atoms with Crippen LogP contribution in [0.2, 0.25) is 0 Å². The summed E-state index contributed by atoms with van der Waals surface area (Å²) in [4.78, 5) is 24.5. The SMILES string of the molecule is NC(=O)C1C2CCC(C2)C1Nc1nc(Cc2ccc(N3CCCCC3)cc2)nc2c1C=CC2. The number of carbonyl (C=O) groups excluding carboxylic acids is 1. The zero-order valence-electron chi connectivity index (χ0n) is 19.2. The maximum Gasteiger partial charge on any atom is 0.222 e. The summed E-state index contributed by atoms with van der Waals surface area (Å²) in [6.45, 7) is 2.31. The van der Waals surface area contributed by atoms with Crippen molar-refractivity contribution in [3.05, 3.63) is 53.0 Å². The molecule has 2 aromatic rings. The Kier molecular flexibility index (Phi) is 5.31. The van der Waals surface area contributed by atoms with E-state index < -0.39 is 0 Å². The number of nitrogens with zero attached hydrogens (tertiary/aromatic N) is 3. The lowest BCUT2D eigenvalue weighted by molar-refractivity contribution is -0.123. The number of nitrogens with one attached hydrogen (secondary N) is 1. The van der Waals surface area contributed by atoms with Gasteiger partial charge in [-0.25, -0.2) is 9.97 Å². The Bertz CT molecular complexity index is 1070. The van der Waals surface area contributed by atoms with Crippen molar-refractivity contribution in [2.75, 3.05) is 23.3 Å². The molecule has 3 fully saturated rings. The fraction of sp³-hybridized carbons (Fsp3) is 0.519. The number of nitrogens with two attached hydrogens (primary N) is 1. The molecule has 4 unspecified atom stereocenters. The van der Waals surface area contributed by atoms with E-state index in [1.807, 2.05) is 0 Å². The van der Waals surface area contributed by atoms with Crippen molar-refractivity contribution in [1.29, 1.82) is 0 Å². The molecular formula is C27H33N5O. The number of carbonyl (C=O) groups is 1. The van der Waals surface area contributed by atoms with E-state index in [0.717, 1.165) is 55.3 Å². The van der Waals surface area contributed by atoms with Crippen molar-refractivity contribution in [3.63, 3.8) is 0 Å². The normalized spacial score (nSPS) is 27.7. The van der Waals surface area contributed by atoms with Gasteiger partial charge < -0.3 is 16.0 Å². The first-order valence-electron chi connectivity index (χ1n) is 12.6. The number of benzene rings is 1. The fourth-order valence-electron chi connectivity index (χ4n) is 6.60. The molecule has 1 aromatic carbocycles. The summed E-state index contributed by atoms with van der Waals surface area (Å²) in [5, 5.41) is 3.67. The average Bonchev–Trinajstić information content (AvgIpc) is 3.56. The summed E-state index contributed by atoms with van der Waals surface area (Å²) in [6, 6.07) is 8.99. The van der Waals surface area contributed by atoms with E-state index in [4.69, 9.17) is 15.7 Å². The molecule has 172 valence electrons. The van der Waals surface area contributed by atoms with Gasteiger partial charge in [-0.15, -0.1) is 0 Å². The van der Waals surface area contributed by atoms with Gasteiger partial charge in [-0.2, -0.15) is 0 Å². The van der Waals surface area contributed by atoms with E-state index in [1.54, 1.807) is 0 Å². The second-order valence-corrected chi connectivity index (χ2v) is 10.3. The summed E-state index contributed by atoms with van der Waals surface area (Å²) in [6.07, 6.45) is 13.1. The Morgan fingerprint density at radius 2 is 1.85 bits per heavy atom. The van der Waals surface area contributed by atoms with Gasteiger partial charge in [-0.3, -0.25) is 4.79 Å². The van der Waals surface area contributed by atoms with Gasteiger partial charge in [0.05, 0.1) is 11.6 Å². The van der Waals surface area contributed by atoms with E-state index in [0.29, 0.717) is 18.3 Å². The second-order valence-electron chi connectivity index (χ2n) is 10.3. The number of allylic oxidation sites excluding steroid dienone is 1. The summed E-state index contributed by atoms with van der Waals surface area (Å²) < 4.78 is 0. The molecule has 1 saturated heterocycles. The van der Waals surface area contributed by atoms with Crippen molar-refractivity contribution >= 4 is 23.5 Å². The van der Waals surface area contributed by atoms with Gasteiger partial charge in [0.25, 0.3) is 0 Å². The van der Waals surface area contributed by atoms with Crippen LogP contribution in [0, 0.1) is 17.8 Å². The molecule has 2 heterocycles. The molecule has 1 aromatic heterocycles. The molecule has 2 bridgehead atoms. The van der Waals surface area contributed by atoms with Gasteiger partial charge in [-0.05, 0) is 68.1 Å². The number of rotatable bonds is 6. The molecule has 4 aliphatic rings. The third-order valence-corrected chi connectivity index (χ3v) is 8.23. The minimum atomic E-state index is -0.171. The van der Waals surface area contributed by atoms with Gasteiger partial charge in [0.2, 0.25) is 5.91 Å². The maximum absolute atomic E-state index is 12.2. The molecule has 6 nitrogen and oxygen atoms in total. The highest BCUT2D eigenvalue weighted by atomic mass is 16.1. The van der Waals surface area contributed by atoms with E-state index in [2.05, 4.69) is 46.6 Å². The van der Waals surface area contributed by atoms with Crippen LogP contribution in [-0.2, 0) is 17.6 Å². The second kappa shape index (κ2) is 8.47. The molecule has 3 N–H and O–H groups in total. The Labute approximate surface area is 195 Å². The van der Waals surface area contributed by atoms with Crippen molar-refractivity contribution in [3.8, 4) is 0 Å². The lowest BCUT2D eigenvalue weighted by Crippen LogP contribution is -2.42. The summed E-state index contributed by atoms with van der Waals surface area (Å²) >= 11 is 0. The van der Waals surface area contributed by atoms with E-state index in [9.17, 15) is 4.79 Å². The molecule has 0 radical (unpaired) electrons. The van der Waals surface area contributed by atoms with Gasteiger partial charge in [-0.1, -0.05) is 24.3 Å². The van der Waals surface area contributed by atoms with Gasteiger partial charge >= 0.3 is 0 Å². The molecule has 1 amide bonds. The number of primary amides is 1. The Morgan fingerprint density at radius 3 is 2.64 bits per heavy atom. The molecule has 4 atom stereocenters. The number of anilines is 2. The standard InChI is InChI=1S/C27H33N5O/c28-26(33)24-18-9-10-19(16-18)25(24)31-27-21-5-4-6-22(21)29-23(30-27)15-17-7-11-20(12-8-17)32-13-2-1-3-14-32/h4-5,7-8,11-12,18-19,24-25H,1-3,6,9-10,13-16H2,(H2,28,33)(H,29,30,31). The lowest BCUT2D eigenvalue weighted by Gasteiger charge is -2.30. The van der Waals surface area contributed by atoms with Crippen LogP contribution in [0.15, 0.2) is 30.3 Å². The Balaban J connectivity index is 1.23. The zero-order valence-corrected chi connectivity index (χ0v) is 19.2. The largest absolute Gasteiger partial charge is 0.372 e. The van der Waals surface area contributed by atoms with Crippen LogP contribution >= 0.6 is 0 Å². The molecule has 33 heavy (non-hydrogen) atoms. The summed E-state index contributed by atoms with van der Waals surface area (Å²) in [7, 11) is 0. The Hall–Kier alpha value is -2.89. The van der Waals surface area contributed by atoms with Crippen molar-refractivity contribution in [1.82, 2.24) is 9.97 Å². The van der Waals surface area contributed by atoms with Crippen LogP contribution in [0.1, 0.15) is 61.2 Å². The monoisotopic (exact) mass is 443 g/mol. The fourth-order valence-corrected chi connectivity index (χ4v) is 6.60. The first-order valence-corrected chi connectivity index (χ1v) is 12.6. The molecule has 1 aliphatic heterocycles. The van der Waals surface area contributed by atoms with E-state index in [1.165, 1.54) is 36.9 Å². The number of hydrogen-bond acceptors (Lipinski definition) is 5. The highest BCUT2D eigenvalue weighted by Crippen LogP contribution is 2.49. The number of amides is 1. The third kappa shape index (κ3) is 3.90. The van der Waals surface area contributed by atoms with Crippen LogP contribution in [0.4, 0.5) is 11.5 Å². The highest BCUT2D eigenvalue weighted by molar-refractivity contribution is 5.79. The average molecular weight is 444 g/mol. The molecular weight excluding hydrogens is 410 g/mol. The quantitative estimate of drug-likeness (QED) is 0.707. The minimum Gasteiger partial charge on any atom is -0.372 e. The van der Waals surface area contributed by atoms with Gasteiger partial charge in [0.15, 0.2) is 0 Å². The van der Waals surface area contributed by atoms with Gasteiger partial charge in [0, 0.05) is 43.2 Å². The smallest absolute Gasteiger partial charge is 0.222 e. The maximum atomic E-state index is 12.2. The van der Waals surface area contributed by atoms with Crippen molar-refractivity contribution < 1.29 is 4.79 Å². The summed E-state index contributed by atoms with van der Waals surface area (Å²) in [5.41, 5.74) is 10.5. The number of aromatic nitrogens is 2. The minimum absolute atomic E-state index is 0.0888. The predicted molar refractivity (Wildman–Crippen MR) is 131 cm³/mol. The number of fused-ring (bicyclic) bond motifs is 3. The van der Waals surface area contributed by atoms with E-state index >= 15 is 0 Å². The van der Waals surface area contributed by atoms with Crippen LogP contribution in [0.25, 0.3) is 6.08 Å².